The molecule has 1 saturated carbocycles. The average molecular weight is 428 g/mol. The number of hydrogen-bond donors (Lipinski definition) is 2. The van der Waals surface area contributed by atoms with E-state index in [1.807, 2.05) is 47.0 Å². The Bertz CT molecular complexity index is 862. The van der Waals surface area contributed by atoms with E-state index in [2.05, 4.69) is 15.3 Å². The van der Waals surface area contributed by atoms with Gasteiger partial charge in [0.2, 0.25) is 5.91 Å². The molecule has 2 N–H and O–H groups in total. The van der Waals surface area contributed by atoms with Gasteiger partial charge in [0.15, 0.2) is 0 Å². The lowest BCUT2D eigenvalue weighted by Crippen LogP contribution is -2.40. The topological polar surface area (TPSA) is 82.9 Å². The van der Waals surface area contributed by atoms with E-state index in [0.29, 0.717) is 19.1 Å². The molecule has 0 unspecified atom stereocenters. The zero-order valence-electron chi connectivity index (χ0n) is 18.4. The molecule has 168 valence electrons. The number of nitrogens with one attached hydrogen (secondary N) is 1. The third-order valence-corrected chi connectivity index (χ3v) is 6.47. The number of hydrogen-bond acceptors (Lipinski definition) is 6. The molecule has 2 aliphatic rings. The molecule has 8 heteroatoms. The molecule has 0 spiro atoms. The van der Waals surface area contributed by atoms with Gasteiger partial charge in [0.05, 0.1) is 32.0 Å². The molecule has 0 bridgehead atoms. The standard InChI is InChI=1S/C23H33N5O3/c1-26(13-17-7-9-19(31-2)10-8-17)20-14-27(15-21(20)29)16-23(30)25-22-11-12-24-28(22)18-5-3-4-6-18/h7-12,18,20-21,29H,3-6,13-16H2,1-2H3,(H,25,30)/t20-,21-/m0/s1. The molecular weight excluding hydrogens is 394 g/mol. The molecule has 2 heterocycles. The number of aromatic nitrogens is 2. The van der Waals surface area contributed by atoms with Gasteiger partial charge >= 0.3 is 0 Å². The summed E-state index contributed by atoms with van der Waals surface area (Å²) in [5.74, 6) is 1.54. The summed E-state index contributed by atoms with van der Waals surface area (Å²) in [5.41, 5.74) is 1.16. The van der Waals surface area contributed by atoms with Crippen molar-refractivity contribution in [3.63, 3.8) is 0 Å². The van der Waals surface area contributed by atoms with Crippen LogP contribution < -0.4 is 10.1 Å². The van der Waals surface area contributed by atoms with Gasteiger partial charge in [0.25, 0.3) is 0 Å². The maximum absolute atomic E-state index is 12.7. The number of likely N-dealkylation sites (N-methyl/N-ethyl adjacent to an activating group) is 1. The van der Waals surface area contributed by atoms with Gasteiger partial charge in [0, 0.05) is 31.7 Å². The maximum Gasteiger partial charge on any atom is 0.239 e. The zero-order valence-corrected chi connectivity index (χ0v) is 18.4. The number of anilines is 1. The van der Waals surface area contributed by atoms with E-state index < -0.39 is 6.10 Å². The molecule has 31 heavy (non-hydrogen) atoms. The van der Waals surface area contributed by atoms with Crippen molar-refractivity contribution in [3.05, 3.63) is 42.1 Å². The summed E-state index contributed by atoms with van der Waals surface area (Å²) >= 11 is 0. The highest BCUT2D eigenvalue weighted by molar-refractivity contribution is 5.91. The van der Waals surface area contributed by atoms with Crippen molar-refractivity contribution in [2.75, 3.05) is 39.1 Å². The van der Waals surface area contributed by atoms with Crippen molar-refractivity contribution in [1.82, 2.24) is 19.6 Å². The first-order chi connectivity index (χ1) is 15.0. The Balaban J connectivity index is 1.29. The van der Waals surface area contributed by atoms with Gasteiger partial charge in [-0.25, -0.2) is 4.68 Å². The fraction of sp³-hybridized carbons (Fsp3) is 0.565. The Morgan fingerprint density at radius 3 is 2.68 bits per heavy atom. The van der Waals surface area contributed by atoms with Gasteiger partial charge in [-0.1, -0.05) is 25.0 Å². The number of ether oxygens (including phenoxy) is 1. The van der Waals surface area contributed by atoms with Crippen molar-refractivity contribution in [2.45, 2.75) is 50.4 Å². The average Bonchev–Trinajstić information content (AvgIpc) is 3.49. The Hall–Kier alpha value is -2.42. The SMILES string of the molecule is COc1ccc(CN(C)[C@H]2CN(CC(=O)Nc3ccnn3C3CCCC3)C[C@@H]2O)cc1. The number of nitrogens with zero attached hydrogens (tertiary/aromatic N) is 4. The molecule has 1 amide bonds. The van der Waals surface area contributed by atoms with Gasteiger partial charge < -0.3 is 15.2 Å². The van der Waals surface area contributed by atoms with Crippen molar-refractivity contribution < 1.29 is 14.6 Å². The van der Waals surface area contributed by atoms with Crippen LogP contribution in [0.4, 0.5) is 5.82 Å². The van der Waals surface area contributed by atoms with E-state index in [9.17, 15) is 9.90 Å². The molecule has 1 aromatic heterocycles. The molecule has 2 aromatic rings. The second-order valence-electron chi connectivity index (χ2n) is 8.74. The normalized spacial score (nSPS) is 22.3. The zero-order chi connectivity index (χ0) is 21.8. The molecule has 1 aliphatic heterocycles. The van der Waals surface area contributed by atoms with Crippen molar-refractivity contribution in [1.29, 1.82) is 0 Å². The number of benzene rings is 1. The summed E-state index contributed by atoms with van der Waals surface area (Å²) in [6, 6.07) is 10.2. The van der Waals surface area contributed by atoms with Crippen LogP contribution in [0.2, 0.25) is 0 Å². The molecule has 1 saturated heterocycles. The molecule has 0 radical (unpaired) electrons. The molecule has 2 atom stereocenters. The Labute approximate surface area is 183 Å². The largest absolute Gasteiger partial charge is 0.497 e. The van der Waals surface area contributed by atoms with E-state index in [-0.39, 0.29) is 18.5 Å². The van der Waals surface area contributed by atoms with Gasteiger partial charge in [-0.3, -0.25) is 14.6 Å². The summed E-state index contributed by atoms with van der Waals surface area (Å²) in [7, 11) is 3.67. The predicted octanol–water partition coefficient (Wildman–Crippen LogP) is 2.12. The molecule has 2 fully saturated rings. The van der Waals surface area contributed by atoms with Gasteiger partial charge in [-0.05, 0) is 37.6 Å². The van der Waals surface area contributed by atoms with Crippen LogP contribution in [0.5, 0.6) is 5.75 Å². The minimum absolute atomic E-state index is 0.0149. The Morgan fingerprint density at radius 1 is 1.23 bits per heavy atom. The molecule has 1 aliphatic carbocycles. The highest BCUT2D eigenvalue weighted by atomic mass is 16.5. The fourth-order valence-electron chi connectivity index (χ4n) is 4.78. The molecule has 8 nitrogen and oxygen atoms in total. The van der Waals surface area contributed by atoms with Gasteiger partial charge in [-0.15, -0.1) is 0 Å². The third kappa shape index (κ3) is 5.26. The number of aliphatic hydroxyl groups excluding tert-OH is 1. The van der Waals surface area contributed by atoms with Crippen LogP contribution in [-0.4, -0.2) is 76.5 Å². The molecule has 1 aromatic carbocycles. The van der Waals surface area contributed by atoms with Crippen molar-refractivity contribution in [3.8, 4) is 5.75 Å². The van der Waals surface area contributed by atoms with Crippen molar-refractivity contribution in [2.24, 2.45) is 0 Å². The van der Waals surface area contributed by atoms with E-state index in [1.165, 1.54) is 12.8 Å². The van der Waals surface area contributed by atoms with Crippen LogP contribution >= 0.6 is 0 Å². The van der Waals surface area contributed by atoms with E-state index >= 15 is 0 Å². The third-order valence-electron chi connectivity index (χ3n) is 6.47. The number of likely N-dealkylation sites (tertiary alicyclic amines) is 1. The van der Waals surface area contributed by atoms with Crippen LogP contribution in [0.15, 0.2) is 36.5 Å². The van der Waals surface area contributed by atoms with Crippen LogP contribution in [-0.2, 0) is 11.3 Å². The first-order valence-corrected chi connectivity index (χ1v) is 11.1. The Morgan fingerprint density at radius 2 is 1.97 bits per heavy atom. The van der Waals surface area contributed by atoms with Crippen LogP contribution in [0.25, 0.3) is 0 Å². The maximum atomic E-state index is 12.7. The number of aliphatic hydroxyl groups is 1. The van der Waals surface area contributed by atoms with Crippen LogP contribution in [0.3, 0.4) is 0 Å². The smallest absolute Gasteiger partial charge is 0.239 e. The quantitative estimate of drug-likeness (QED) is 0.672. The van der Waals surface area contributed by atoms with Crippen molar-refractivity contribution >= 4 is 11.7 Å². The second-order valence-corrected chi connectivity index (χ2v) is 8.74. The number of amides is 1. The summed E-state index contributed by atoms with van der Waals surface area (Å²) in [4.78, 5) is 16.8. The fourth-order valence-corrected chi connectivity index (χ4v) is 4.78. The summed E-state index contributed by atoms with van der Waals surface area (Å²) in [5, 5.41) is 18.0. The molecule has 4 rings (SSSR count). The summed E-state index contributed by atoms with van der Waals surface area (Å²) in [6.07, 6.45) is 5.93. The van der Waals surface area contributed by atoms with Crippen LogP contribution in [0, 0.1) is 0 Å². The summed E-state index contributed by atoms with van der Waals surface area (Å²) in [6.45, 7) is 2.14. The second kappa shape index (κ2) is 9.80. The number of methoxy groups -OCH3 is 1. The first kappa shape index (κ1) is 21.8. The van der Waals surface area contributed by atoms with Crippen LogP contribution in [0.1, 0.15) is 37.3 Å². The van der Waals surface area contributed by atoms with Gasteiger partial charge in [0.1, 0.15) is 11.6 Å². The monoisotopic (exact) mass is 427 g/mol. The minimum Gasteiger partial charge on any atom is -0.497 e. The van der Waals surface area contributed by atoms with E-state index in [0.717, 1.165) is 36.5 Å². The van der Waals surface area contributed by atoms with E-state index in [4.69, 9.17) is 4.74 Å². The number of rotatable bonds is 8. The highest BCUT2D eigenvalue weighted by Gasteiger charge is 2.35. The minimum atomic E-state index is -0.486. The first-order valence-electron chi connectivity index (χ1n) is 11.1. The van der Waals surface area contributed by atoms with E-state index in [1.54, 1.807) is 13.3 Å². The number of β-amino-alcohol motifs (C(OH)–C–C–N with tert-alkyl or cyclic N) is 1. The predicted molar refractivity (Wildman–Crippen MR) is 119 cm³/mol. The number of carbonyl (C=O) groups excluding carboxylic acids is 1. The number of carbonyl (C=O) groups is 1. The highest BCUT2D eigenvalue weighted by Crippen LogP contribution is 2.31. The van der Waals surface area contributed by atoms with Gasteiger partial charge in [-0.2, -0.15) is 5.10 Å². The Kier molecular flexibility index (Phi) is 6.89. The molecular formula is C23H33N5O3. The lowest BCUT2D eigenvalue weighted by molar-refractivity contribution is -0.117. The lowest BCUT2D eigenvalue weighted by Gasteiger charge is -2.26. The summed E-state index contributed by atoms with van der Waals surface area (Å²) < 4.78 is 7.17. The lowest BCUT2D eigenvalue weighted by atomic mass is 10.1.